The molecule has 0 saturated heterocycles. The number of hydrogen-bond acceptors (Lipinski definition) is 7. The van der Waals surface area contributed by atoms with E-state index in [1.165, 1.54) is 44.9 Å². The Morgan fingerprint density at radius 2 is 1.23 bits per heavy atom. The van der Waals surface area contributed by atoms with Crippen molar-refractivity contribution in [3.63, 3.8) is 0 Å². The summed E-state index contributed by atoms with van der Waals surface area (Å²) in [6.07, 6.45) is 11.7. The van der Waals surface area contributed by atoms with E-state index in [0.29, 0.717) is 17.4 Å². The molecule has 11 heteroatoms. The van der Waals surface area contributed by atoms with Gasteiger partial charge >= 0.3 is 59.1 Å². The van der Waals surface area contributed by atoms with Gasteiger partial charge in [-0.25, -0.2) is 16.8 Å². The minimum atomic E-state index is -4.51. The molecule has 2 rings (SSSR count). The van der Waals surface area contributed by atoms with Gasteiger partial charge in [0.25, 0.3) is 0 Å². The Bertz CT molecular complexity index is 1170. The van der Waals surface area contributed by atoms with E-state index in [4.69, 9.17) is 0 Å². The fourth-order valence-electron chi connectivity index (χ4n) is 4.44. The molecule has 0 fully saturated rings. The molecule has 0 spiro atoms. The first kappa shape index (κ1) is 41.6. The standard InChI is InChI=1S/C16H20O3S.C12H26O4S.2Na/c1-10(2)14-9-12-7-5-6-8-13(12)16(20(17,18)19)15(14)11(3)4;1-2-3-4-5-6-7-8-9-10-11-12-16-17(13,14)15;;/h5-11H,1-4H3,(H,17,18,19);2-12H2,1H3,(H,13,14,15);;/q;;2*+1/p-2. The molecule has 0 amide bonds. The van der Waals surface area contributed by atoms with Gasteiger partial charge in [-0.1, -0.05) is 123 Å². The molecule has 0 aromatic heterocycles. The SMILES string of the molecule is CC(C)c1cc2ccccc2c(S(=O)(=O)[O-])c1C(C)C.CCCCCCCCCCCCOS(=O)(=O)[O-].[Na+].[Na+]. The van der Waals surface area contributed by atoms with E-state index < -0.39 is 20.5 Å². The molecular weight excluding hydrogens is 558 g/mol. The summed E-state index contributed by atoms with van der Waals surface area (Å²) in [6.45, 7) is 10.1. The van der Waals surface area contributed by atoms with Crippen molar-refractivity contribution in [3.05, 3.63) is 41.5 Å². The minimum absolute atomic E-state index is 0. The third-order valence-electron chi connectivity index (χ3n) is 6.25. The van der Waals surface area contributed by atoms with Crippen LogP contribution in [0.25, 0.3) is 10.8 Å². The van der Waals surface area contributed by atoms with Crippen molar-refractivity contribution in [1.29, 1.82) is 0 Å². The Labute approximate surface area is 281 Å². The first-order chi connectivity index (χ1) is 17.3. The molecular formula is C28H44Na2O7S2. The van der Waals surface area contributed by atoms with Crippen LogP contribution in [-0.4, -0.2) is 32.5 Å². The third-order valence-corrected chi connectivity index (χ3v) is 7.64. The van der Waals surface area contributed by atoms with E-state index in [2.05, 4.69) is 11.1 Å². The molecule has 0 bridgehead atoms. The minimum Gasteiger partial charge on any atom is -0.744 e. The molecule has 0 aliphatic carbocycles. The normalized spacial score (nSPS) is 11.6. The average Bonchev–Trinajstić information content (AvgIpc) is 2.80. The van der Waals surface area contributed by atoms with Gasteiger partial charge < -0.3 is 9.11 Å². The van der Waals surface area contributed by atoms with E-state index in [9.17, 15) is 25.9 Å². The van der Waals surface area contributed by atoms with Gasteiger partial charge in [0.15, 0.2) is 0 Å². The number of fused-ring (bicyclic) bond motifs is 1. The molecule has 2 aromatic rings. The molecule has 212 valence electrons. The fraction of sp³-hybridized carbons (Fsp3) is 0.643. The van der Waals surface area contributed by atoms with Crippen LogP contribution < -0.4 is 59.1 Å². The van der Waals surface area contributed by atoms with Crippen LogP contribution in [0.15, 0.2) is 35.2 Å². The van der Waals surface area contributed by atoms with Crippen LogP contribution in [0.3, 0.4) is 0 Å². The number of hydrogen-bond donors (Lipinski definition) is 0. The van der Waals surface area contributed by atoms with Gasteiger partial charge in [-0.3, -0.25) is 4.18 Å². The van der Waals surface area contributed by atoms with E-state index in [0.717, 1.165) is 23.8 Å². The van der Waals surface area contributed by atoms with Crippen LogP contribution in [0.4, 0.5) is 0 Å². The average molecular weight is 603 g/mol. The van der Waals surface area contributed by atoms with Crippen LogP contribution in [0.1, 0.15) is 122 Å². The summed E-state index contributed by atoms with van der Waals surface area (Å²) >= 11 is 0. The Morgan fingerprint density at radius 3 is 1.67 bits per heavy atom. The van der Waals surface area contributed by atoms with Gasteiger partial charge in [0.05, 0.1) is 11.5 Å². The maximum Gasteiger partial charge on any atom is 1.00 e. The second kappa shape index (κ2) is 21.2. The first-order valence-corrected chi connectivity index (χ1v) is 16.1. The maximum atomic E-state index is 11.8. The zero-order valence-electron chi connectivity index (χ0n) is 25.0. The van der Waals surface area contributed by atoms with E-state index >= 15 is 0 Å². The van der Waals surface area contributed by atoms with Gasteiger partial charge in [-0.15, -0.1) is 0 Å². The summed E-state index contributed by atoms with van der Waals surface area (Å²) in [6, 6.07) is 9.17. The molecule has 0 radical (unpaired) electrons. The van der Waals surface area contributed by atoms with Crippen LogP contribution in [0.2, 0.25) is 0 Å². The van der Waals surface area contributed by atoms with Crippen LogP contribution in [0.5, 0.6) is 0 Å². The smallest absolute Gasteiger partial charge is 0.744 e. The van der Waals surface area contributed by atoms with Gasteiger partial charge in [-0.05, 0) is 40.2 Å². The molecule has 0 saturated carbocycles. The summed E-state index contributed by atoms with van der Waals surface area (Å²) in [7, 11) is -9.00. The molecule has 0 heterocycles. The van der Waals surface area contributed by atoms with Crippen LogP contribution in [0, 0.1) is 0 Å². The van der Waals surface area contributed by atoms with Crippen molar-refractivity contribution in [1.82, 2.24) is 0 Å². The Hall–Kier alpha value is 0.480. The number of unbranched alkanes of at least 4 members (excludes halogenated alkanes) is 9. The summed E-state index contributed by atoms with van der Waals surface area (Å²) in [5.41, 5.74) is 1.60. The van der Waals surface area contributed by atoms with Gasteiger partial charge in [0.1, 0.15) is 10.1 Å². The largest absolute Gasteiger partial charge is 1.00 e. The molecule has 39 heavy (non-hydrogen) atoms. The number of benzene rings is 2. The van der Waals surface area contributed by atoms with Crippen LogP contribution in [-0.2, 0) is 24.7 Å². The van der Waals surface area contributed by atoms with E-state index in [1.54, 1.807) is 12.1 Å². The maximum absolute atomic E-state index is 11.8. The summed E-state index contributed by atoms with van der Waals surface area (Å²) in [4.78, 5) is -0.0469. The molecule has 2 aromatic carbocycles. The van der Waals surface area contributed by atoms with Crippen molar-refractivity contribution < 1.29 is 89.2 Å². The molecule has 0 aliphatic heterocycles. The van der Waals surface area contributed by atoms with Crippen LogP contribution >= 0.6 is 0 Å². The Kier molecular flexibility index (Phi) is 22.6. The van der Waals surface area contributed by atoms with Gasteiger partial charge in [0.2, 0.25) is 10.4 Å². The zero-order chi connectivity index (χ0) is 28.1. The molecule has 0 unspecified atom stereocenters. The first-order valence-electron chi connectivity index (χ1n) is 13.4. The summed E-state index contributed by atoms with van der Waals surface area (Å²) < 4.78 is 69.8. The monoisotopic (exact) mass is 602 g/mol. The third kappa shape index (κ3) is 16.6. The van der Waals surface area contributed by atoms with Crippen molar-refractivity contribution in [2.45, 2.75) is 116 Å². The molecule has 0 atom stereocenters. The Balaban J connectivity index is 0. The second-order valence-electron chi connectivity index (χ2n) is 10.1. The van der Waals surface area contributed by atoms with Crippen molar-refractivity contribution in [2.75, 3.05) is 6.61 Å². The number of rotatable bonds is 15. The van der Waals surface area contributed by atoms with Gasteiger partial charge in [0, 0.05) is 0 Å². The molecule has 0 aliphatic rings. The molecule has 7 nitrogen and oxygen atoms in total. The van der Waals surface area contributed by atoms with Crippen molar-refractivity contribution >= 4 is 31.3 Å². The Morgan fingerprint density at radius 1 is 0.744 bits per heavy atom. The van der Waals surface area contributed by atoms with Crippen molar-refractivity contribution in [3.8, 4) is 0 Å². The predicted molar refractivity (Wildman–Crippen MR) is 148 cm³/mol. The van der Waals surface area contributed by atoms with Gasteiger partial charge in [-0.2, -0.15) is 0 Å². The second-order valence-corrected chi connectivity index (χ2v) is 12.5. The predicted octanol–water partition coefficient (Wildman–Crippen LogP) is 1.38. The topological polar surface area (TPSA) is 124 Å². The fourth-order valence-corrected chi connectivity index (χ4v) is 5.84. The quantitative estimate of drug-likeness (QED) is 0.131. The van der Waals surface area contributed by atoms with E-state index in [1.807, 2.05) is 45.9 Å². The summed E-state index contributed by atoms with van der Waals surface area (Å²) in [5, 5.41) is 1.32. The summed E-state index contributed by atoms with van der Waals surface area (Å²) in [5.74, 6) is 0.147. The van der Waals surface area contributed by atoms with Crippen molar-refractivity contribution in [2.24, 2.45) is 0 Å². The van der Waals surface area contributed by atoms with E-state index in [-0.39, 0.29) is 82.5 Å². The molecule has 0 N–H and O–H groups in total. The zero-order valence-corrected chi connectivity index (χ0v) is 30.6.